The number of esters is 1. The summed E-state index contributed by atoms with van der Waals surface area (Å²) >= 11 is 0. The maximum Gasteiger partial charge on any atom is 0.525 e. The van der Waals surface area contributed by atoms with Gasteiger partial charge < -0.3 is 4.74 Å². The lowest BCUT2D eigenvalue weighted by atomic mass is 10.4. The van der Waals surface area contributed by atoms with Crippen LogP contribution in [0.15, 0.2) is 0 Å². The third-order valence-corrected chi connectivity index (χ3v) is 2.43. The van der Waals surface area contributed by atoms with Crippen molar-refractivity contribution in [3.63, 3.8) is 0 Å². The Morgan fingerprint density at radius 1 is 1.28 bits per heavy atom. The van der Waals surface area contributed by atoms with Crippen LogP contribution < -0.4 is 0 Å². The third kappa shape index (κ3) is 4.87. The highest BCUT2D eigenvalue weighted by Gasteiger charge is 2.49. The Bertz CT molecular complexity index is 417. The van der Waals surface area contributed by atoms with Gasteiger partial charge in [0.15, 0.2) is 0 Å². The molecule has 0 aromatic rings. The Morgan fingerprint density at radius 2 is 1.78 bits per heavy atom. The van der Waals surface area contributed by atoms with E-state index in [2.05, 4.69) is 9.02 Å². The zero-order valence-electron chi connectivity index (χ0n) is 9.35. The van der Waals surface area contributed by atoms with Crippen molar-refractivity contribution in [3.05, 3.63) is 0 Å². The van der Waals surface area contributed by atoms with E-state index < -0.39 is 33.9 Å². The first-order valence-corrected chi connectivity index (χ1v) is 5.85. The van der Waals surface area contributed by atoms with Gasteiger partial charge in [0.05, 0.1) is 6.61 Å². The first-order valence-electron chi connectivity index (χ1n) is 4.44. The number of hydrogen-bond acceptors (Lipinski definition) is 6. The summed E-state index contributed by atoms with van der Waals surface area (Å²) in [6.07, 6.45) is -0.933. The molecular formula is C7H10F3NO6S. The molecule has 1 amide bonds. The Hall–Kier alpha value is -1.36. The average molecular weight is 293 g/mol. The Morgan fingerprint density at radius 3 is 2.17 bits per heavy atom. The van der Waals surface area contributed by atoms with Crippen molar-refractivity contribution < 1.29 is 40.2 Å². The van der Waals surface area contributed by atoms with Crippen LogP contribution in [0, 0.1) is 0 Å². The molecular weight excluding hydrogens is 283 g/mol. The van der Waals surface area contributed by atoms with Crippen LogP contribution in [0.3, 0.4) is 0 Å². The Kier molecular flexibility index (Phi) is 5.55. The van der Waals surface area contributed by atoms with Crippen LogP contribution in [0.5, 0.6) is 0 Å². The van der Waals surface area contributed by atoms with E-state index in [0.29, 0.717) is 7.05 Å². The first-order chi connectivity index (χ1) is 8.01. The van der Waals surface area contributed by atoms with E-state index in [1.165, 1.54) is 6.92 Å². The van der Waals surface area contributed by atoms with Crippen LogP contribution in [-0.4, -0.2) is 44.5 Å². The minimum atomic E-state index is -5.94. The number of alkyl halides is 3. The summed E-state index contributed by atoms with van der Waals surface area (Å²) in [5.41, 5.74) is -5.66. The zero-order valence-corrected chi connectivity index (χ0v) is 10.2. The minimum Gasteiger partial charge on any atom is -0.466 e. The van der Waals surface area contributed by atoms with Crippen molar-refractivity contribution in [2.45, 2.75) is 18.9 Å². The normalized spacial score (nSPS) is 12.1. The van der Waals surface area contributed by atoms with Gasteiger partial charge in [-0.1, -0.05) is 0 Å². The lowest BCUT2D eigenvalue weighted by Gasteiger charge is -2.16. The summed E-state index contributed by atoms with van der Waals surface area (Å²) in [5.74, 6) is -2.30. The van der Waals surface area contributed by atoms with Crippen LogP contribution in [0.2, 0.25) is 0 Å². The highest BCUT2D eigenvalue weighted by Crippen LogP contribution is 2.25. The molecule has 0 rings (SSSR count). The predicted octanol–water partition coefficient (Wildman–Crippen LogP) is 0.179. The summed E-state index contributed by atoms with van der Waals surface area (Å²) in [7, 11) is -5.31. The molecule has 0 aliphatic rings. The zero-order chi connectivity index (χ0) is 14.6. The molecule has 106 valence electrons. The monoisotopic (exact) mass is 293 g/mol. The molecule has 18 heavy (non-hydrogen) atoms. The van der Waals surface area contributed by atoms with Crippen molar-refractivity contribution in [2.75, 3.05) is 13.7 Å². The van der Waals surface area contributed by atoms with Gasteiger partial charge in [0.1, 0.15) is 6.42 Å². The maximum atomic E-state index is 11.9. The molecule has 11 heteroatoms. The number of carbonyl (C=O) groups is 2. The second-order valence-corrected chi connectivity index (χ2v) is 4.37. The van der Waals surface area contributed by atoms with E-state index in [9.17, 15) is 31.2 Å². The number of amides is 1. The summed E-state index contributed by atoms with van der Waals surface area (Å²) in [6, 6.07) is 0. The maximum absolute atomic E-state index is 11.9. The summed E-state index contributed by atoms with van der Waals surface area (Å²) in [5, 5.41) is -0.195. The Balaban J connectivity index is 4.56. The van der Waals surface area contributed by atoms with Gasteiger partial charge in [-0.25, -0.2) is 5.06 Å². The number of nitrogens with zero attached hydrogens (tertiary/aromatic N) is 1. The number of halogens is 3. The van der Waals surface area contributed by atoms with E-state index in [0.717, 1.165) is 0 Å². The van der Waals surface area contributed by atoms with Gasteiger partial charge in [0, 0.05) is 7.05 Å². The van der Waals surface area contributed by atoms with Crippen molar-refractivity contribution in [3.8, 4) is 0 Å². The average Bonchev–Trinajstić information content (AvgIpc) is 2.15. The lowest BCUT2D eigenvalue weighted by Crippen LogP contribution is -2.36. The molecule has 0 aliphatic heterocycles. The van der Waals surface area contributed by atoms with Gasteiger partial charge in [-0.3, -0.25) is 9.59 Å². The Labute approximate surface area is 101 Å². The molecule has 0 bridgehead atoms. The van der Waals surface area contributed by atoms with E-state index in [1.807, 2.05) is 0 Å². The molecule has 0 saturated heterocycles. The third-order valence-electron chi connectivity index (χ3n) is 1.45. The second-order valence-electron chi connectivity index (χ2n) is 2.85. The largest absolute Gasteiger partial charge is 0.525 e. The summed E-state index contributed by atoms with van der Waals surface area (Å²) in [4.78, 5) is 21.9. The molecule has 7 nitrogen and oxygen atoms in total. The SMILES string of the molecule is CCOC(=O)CC(=O)N(C)OS(=O)(=O)C(F)(F)F. The standard InChI is InChI=1S/C7H10F3NO6S/c1-3-16-6(13)4-5(12)11(2)17-18(14,15)7(8,9)10/h3-4H2,1-2H3. The number of carbonyl (C=O) groups excluding carboxylic acids is 2. The number of hydroxylamine groups is 2. The van der Waals surface area contributed by atoms with E-state index in [-0.39, 0.29) is 11.7 Å². The quantitative estimate of drug-likeness (QED) is 0.311. The van der Waals surface area contributed by atoms with Crippen molar-refractivity contribution in [1.82, 2.24) is 5.06 Å². The fraction of sp³-hybridized carbons (Fsp3) is 0.714. The van der Waals surface area contributed by atoms with E-state index >= 15 is 0 Å². The lowest BCUT2D eigenvalue weighted by molar-refractivity contribution is -0.161. The van der Waals surface area contributed by atoms with Crippen LogP contribution in [0.4, 0.5) is 13.2 Å². The number of rotatable bonds is 5. The first kappa shape index (κ1) is 16.6. The highest BCUT2D eigenvalue weighted by molar-refractivity contribution is 7.87. The summed E-state index contributed by atoms with van der Waals surface area (Å²) < 4.78 is 64.5. The van der Waals surface area contributed by atoms with Crippen LogP contribution >= 0.6 is 0 Å². The molecule has 0 fully saturated rings. The number of hydrogen-bond donors (Lipinski definition) is 0. The minimum absolute atomic E-state index is 0.0302. The molecule has 0 heterocycles. The van der Waals surface area contributed by atoms with Crippen LogP contribution in [0.1, 0.15) is 13.3 Å². The molecule has 0 unspecified atom stereocenters. The molecule has 0 atom stereocenters. The van der Waals surface area contributed by atoms with Gasteiger partial charge in [-0.2, -0.15) is 21.6 Å². The fourth-order valence-electron chi connectivity index (χ4n) is 0.678. The fourth-order valence-corrected chi connectivity index (χ4v) is 1.14. The van der Waals surface area contributed by atoms with Gasteiger partial charge in [-0.05, 0) is 6.92 Å². The predicted molar refractivity (Wildman–Crippen MR) is 50.1 cm³/mol. The molecule has 0 radical (unpaired) electrons. The summed E-state index contributed by atoms with van der Waals surface area (Å²) in [6.45, 7) is 1.42. The molecule has 0 aliphatic carbocycles. The smallest absolute Gasteiger partial charge is 0.466 e. The van der Waals surface area contributed by atoms with Gasteiger partial charge >= 0.3 is 21.6 Å². The van der Waals surface area contributed by atoms with Crippen molar-refractivity contribution >= 4 is 22.0 Å². The molecule has 0 saturated carbocycles. The van der Waals surface area contributed by atoms with E-state index in [4.69, 9.17) is 0 Å². The second kappa shape index (κ2) is 6.00. The van der Waals surface area contributed by atoms with Crippen molar-refractivity contribution in [1.29, 1.82) is 0 Å². The van der Waals surface area contributed by atoms with E-state index in [1.54, 1.807) is 0 Å². The molecule has 0 aromatic heterocycles. The van der Waals surface area contributed by atoms with Crippen molar-refractivity contribution in [2.24, 2.45) is 0 Å². The topological polar surface area (TPSA) is 90.0 Å². The van der Waals surface area contributed by atoms with Crippen LogP contribution in [0.25, 0.3) is 0 Å². The van der Waals surface area contributed by atoms with Crippen LogP contribution in [-0.2, 0) is 28.7 Å². The van der Waals surface area contributed by atoms with Gasteiger partial charge in [0.2, 0.25) is 0 Å². The number of ether oxygens (including phenoxy) is 1. The molecule has 0 N–H and O–H groups in total. The van der Waals surface area contributed by atoms with Gasteiger partial charge in [-0.15, -0.1) is 4.28 Å². The molecule has 0 aromatic carbocycles. The molecule has 0 spiro atoms. The highest BCUT2D eigenvalue weighted by atomic mass is 32.2. The van der Waals surface area contributed by atoms with Gasteiger partial charge in [0.25, 0.3) is 5.91 Å².